The minimum absolute atomic E-state index is 0. The van der Waals surface area contributed by atoms with Gasteiger partial charge in [0.25, 0.3) is 5.91 Å². The van der Waals surface area contributed by atoms with Gasteiger partial charge in [-0.3, -0.25) is 9.69 Å². The number of amides is 1. The summed E-state index contributed by atoms with van der Waals surface area (Å²) in [6, 6.07) is 17.8. The van der Waals surface area contributed by atoms with E-state index in [4.69, 9.17) is 4.74 Å². The van der Waals surface area contributed by atoms with Crippen molar-refractivity contribution in [2.24, 2.45) is 5.92 Å². The number of rotatable bonds is 5. The Hall–Kier alpha value is -1.67. The van der Waals surface area contributed by atoms with E-state index in [9.17, 15) is 4.79 Å². The molecule has 0 unspecified atom stereocenters. The molecule has 2 aromatic carbocycles. The number of carbonyl (C=O) groups excluding carboxylic acids is 1. The van der Waals surface area contributed by atoms with Crippen LogP contribution in [0.2, 0.25) is 0 Å². The van der Waals surface area contributed by atoms with Gasteiger partial charge in [0.1, 0.15) is 0 Å². The molecule has 5 heterocycles. The van der Waals surface area contributed by atoms with Gasteiger partial charge < -0.3 is 15.0 Å². The van der Waals surface area contributed by atoms with Crippen LogP contribution in [0.3, 0.4) is 0 Å². The first kappa shape index (κ1) is 26.4. The average molecular weight is 535 g/mol. The van der Waals surface area contributed by atoms with E-state index in [1.54, 1.807) is 11.3 Å². The van der Waals surface area contributed by atoms with Crippen LogP contribution >= 0.6 is 36.2 Å². The van der Waals surface area contributed by atoms with Gasteiger partial charge in [-0.1, -0.05) is 36.4 Å². The quantitative estimate of drug-likeness (QED) is 0.497. The molecule has 4 saturated heterocycles. The zero-order valence-corrected chi connectivity index (χ0v) is 22.2. The molecule has 0 aliphatic carbocycles. The fourth-order valence-corrected chi connectivity index (χ4v) is 6.52. The van der Waals surface area contributed by atoms with Crippen LogP contribution in [0.4, 0.5) is 0 Å². The molecular weight excluding hydrogens is 501 g/mol. The predicted molar refractivity (Wildman–Crippen MR) is 148 cm³/mol. The lowest BCUT2D eigenvalue weighted by Crippen LogP contribution is -2.57. The molecule has 35 heavy (non-hydrogen) atoms. The van der Waals surface area contributed by atoms with Gasteiger partial charge in [0.15, 0.2) is 0 Å². The van der Waals surface area contributed by atoms with Crippen LogP contribution < -0.4 is 5.32 Å². The largest absolute Gasteiger partial charge is 0.379 e. The maximum Gasteiger partial charge on any atom is 0.261 e. The molecule has 4 fully saturated rings. The van der Waals surface area contributed by atoms with Crippen molar-refractivity contribution in [1.29, 1.82) is 0 Å². The number of piperidine rings is 3. The lowest BCUT2D eigenvalue weighted by Gasteiger charge is -2.44. The van der Waals surface area contributed by atoms with Crippen LogP contribution in [0.1, 0.15) is 28.1 Å². The minimum Gasteiger partial charge on any atom is -0.379 e. The molecular formula is C27H33Cl2N3O2S. The summed E-state index contributed by atoms with van der Waals surface area (Å²) in [5.74, 6) is 0.732. The fraction of sp³-hybridized carbons (Fsp3) is 0.444. The molecule has 0 radical (unpaired) electrons. The van der Waals surface area contributed by atoms with Crippen LogP contribution in [-0.4, -0.2) is 67.7 Å². The number of ether oxygens (including phenoxy) is 1. The first-order valence-electron chi connectivity index (χ1n) is 12.2. The first-order chi connectivity index (χ1) is 16.2. The lowest BCUT2D eigenvalue weighted by atomic mass is 9.84. The van der Waals surface area contributed by atoms with Gasteiger partial charge in [0.05, 0.1) is 18.1 Å². The number of hydrogen-bond acceptors (Lipinski definition) is 5. The van der Waals surface area contributed by atoms with E-state index in [-0.39, 0.29) is 30.7 Å². The highest BCUT2D eigenvalue weighted by Crippen LogP contribution is 2.32. The van der Waals surface area contributed by atoms with Crippen molar-refractivity contribution in [2.45, 2.75) is 25.4 Å². The van der Waals surface area contributed by atoms with Gasteiger partial charge in [0.2, 0.25) is 0 Å². The Kier molecular flexibility index (Phi) is 8.74. The highest BCUT2D eigenvalue weighted by Gasteiger charge is 2.35. The highest BCUT2D eigenvalue weighted by atomic mass is 35.5. The summed E-state index contributed by atoms with van der Waals surface area (Å²) in [4.78, 5) is 18.7. The number of morpholine rings is 1. The molecule has 5 nitrogen and oxygen atoms in total. The van der Waals surface area contributed by atoms with Gasteiger partial charge in [-0.05, 0) is 66.1 Å². The Morgan fingerprint density at radius 3 is 2.34 bits per heavy atom. The Morgan fingerprint density at radius 2 is 1.66 bits per heavy atom. The van der Waals surface area contributed by atoms with Gasteiger partial charge in [0, 0.05) is 36.9 Å². The van der Waals surface area contributed by atoms with Gasteiger partial charge in [-0.15, -0.1) is 36.2 Å². The maximum absolute atomic E-state index is 13.0. The Labute approximate surface area is 223 Å². The van der Waals surface area contributed by atoms with E-state index in [0.29, 0.717) is 12.0 Å². The third-order valence-corrected chi connectivity index (χ3v) is 8.61. The van der Waals surface area contributed by atoms with Gasteiger partial charge in [-0.25, -0.2) is 0 Å². The molecule has 2 bridgehead atoms. The molecule has 0 saturated carbocycles. The molecule has 1 atom stereocenters. The zero-order chi connectivity index (χ0) is 22.2. The molecule has 188 valence electrons. The molecule has 8 heteroatoms. The smallest absolute Gasteiger partial charge is 0.261 e. The van der Waals surface area contributed by atoms with Crippen LogP contribution in [0.25, 0.3) is 21.2 Å². The van der Waals surface area contributed by atoms with E-state index in [2.05, 4.69) is 57.6 Å². The summed E-state index contributed by atoms with van der Waals surface area (Å²) in [5.41, 5.74) is 3.76. The zero-order valence-electron chi connectivity index (χ0n) is 19.8. The van der Waals surface area contributed by atoms with Crippen LogP contribution in [0.15, 0.2) is 48.5 Å². The summed E-state index contributed by atoms with van der Waals surface area (Å²) < 4.78 is 6.62. The van der Waals surface area contributed by atoms with Crippen molar-refractivity contribution >= 4 is 52.1 Å². The van der Waals surface area contributed by atoms with Crippen molar-refractivity contribution in [2.75, 3.05) is 45.9 Å². The number of carbonyl (C=O) groups is 1. The van der Waals surface area contributed by atoms with E-state index < -0.39 is 0 Å². The standard InChI is InChI=1S/C27H31N3O2S.2ClH/c31-27(28-24-18-29-9-7-21(24)8-10-29)26-16-23-6-5-22(15-25(23)33-26)20-3-1-19(2-4-20)17-30-11-13-32-14-12-30;;/h1-6,15-16,21,24H,7-14,17-18H2,(H,28,31);2*1H/t24-;;/m0../s1. The van der Waals surface area contributed by atoms with Crippen molar-refractivity contribution in [3.8, 4) is 11.1 Å². The van der Waals surface area contributed by atoms with Crippen LogP contribution in [0, 0.1) is 5.92 Å². The second kappa shape index (κ2) is 11.6. The van der Waals surface area contributed by atoms with E-state index in [1.165, 1.54) is 47.3 Å². The summed E-state index contributed by atoms with van der Waals surface area (Å²) >= 11 is 1.61. The highest BCUT2D eigenvalue weighted by molar-refractivity contribution is 7.20. The first-order valence-corrected chi connectivity index (χ1v) is 13.0. The number of nitrogens with one attached hydrogen (secondary N) is 1. The van der Waals surface area contributed by atoms with Crippen molar-refractivity contribution in [3.63, 3.8) is 0 Å². The number of nitrogens with zero attached hydrogens (tertiary/aromatic N) is 2. The number of halogens is 2. The third-order valence-electron chi connectivity index (χ3n) is 7.51. The van der Waals surface area contributed by atoms with Gasteiger partial charge in [-0.2, -0.15) is 0 Å². The summed E-state index contributed by atoms with van der Waals surface area (Å²) in [5, 5.41) is 4.48. The number of benzene rings is 2. The van der Waals surface area contributed by atoms with E-state index in [1.807, 2.05) is 6.07 Å². The fourth-order valence-electron chi connectivity index (χ4n) is 5.51. The van der Waals surface area contributed by atoms with E-state index >= 15 is 0 Å². The summed E-state index contributed by atoms with van der Waals surface area (Å²) in [6.07, 6.45) is 2.43. The van der Waals surface area contributed by atoms with Gasteiger partial charge >= 0.3 is 0 Å². The van der Waals surface area contributed by atoms with Crippen LogP contribution in [-0.2, 0) is 11.3 Å². The van der Waals surface area contributed by atoms with Crippen molar-refractivity contribution < 1.29 is 9.53 Å². The topological polar surface area (TPSA) is 44.8 Å². The molecule has 4 aliphatic heterocycles. The monoisotopic (exact) mass is 533 g/mol. The lowest BCUT2D eigenvalue weighted by molar-refractivity contribution is 0.0342. The molecule has 1 aromatic heterocycles. The summed E-state index contributed by atoms with van der Waals surface area (Å²) in [7, 11) is 0. The molecule has 3 aromatic rings. The maximum atomic E-state index is 13.0. The second-order valence-corrected chi connectivity index (χ2v) is 10.8. The molecule has 1 N–H and O–H groups in total. The second-order valence-electron chi connectivity index (χ2n) is 9.67. The Morgan fingerprint density at radius 1 is 0.943 bits per heavy atom. The Balaban J connectivity index is 0.00000144. The third kappa shape index (κ3) is 5.85. The van der Waals surface area contributed by atoms with Crippen molar-refractivity contribution in [3.05, 3.63) is 59.0 Å². The molecule has 1 amide bonds. The Bertz CT molecular complexity index is 1140. The van der Waals surface area contributed by atoms with Crippen LogP contribution in [0.5, 0.6) is 0 Å². The predicted octanol–water partition coefficient (Wildman–Crippen LogP) is 5.07. The average Bonchev–Trinajstić information content (AvgIpc) is 3.30. The summed E-state index contributed by atoms with van der Waals surface area (Å²) in [6.45, 7) is 8.04. The molecule has 7 rings (SSSR count). The van der Waals surface area contributed by atoms with Crippen molar-refractivity contribution in [1.82, 2.24) is 15.1 Å². The normalized spacial score (nSPS) is 23.9. The molecule has 0 spiro atoms. The number of fused-ring (bicyclic) bond motifs is 4. The minimum atomic E-state index is 0. The number of hydrogen-bond donors (Lipinski definition) is 1. The number of thiophene rings is 1. The SMILES string of the molecule is Cl.Cl.O=C(N[C@H]1CN2CCC1CC2)c1cc2ccc(-c3ccc(CN4CCOCC4)cc3)cc2s1. The molecule has 4 aliphatic rings. The van der Waals surface area contributed by atoms with E-state index in [0.717, 1.165) is 49.7 Å².